The molecule has 0 saturated carbocycles. The van der Waals surface area contributed by atoms with Crippen molar-refractivity contribution in [2.24, 2.45) is 0 Å². The minimum Gasteiger partial charge on any atom is -0.198 e. The second-order valence-electron chi connectivity index (χ2n) is 5.43. The molecule has 0 bridgehead atoms. The summed E-state index contributed by atoms with van der Waals surface area (Å²) in [6.45, 7) is 2.00. The van der Waals surface area contributed by atoms with E-state index in [0.717, 1.165) is 10.6 Å². The molecule has 126 valence electrons. The molecule has 0 radical (unpaired) electrons. The molecule has 4 nitrogen and oxygen atoms in total. The molecule has 0 fully saturated rings. The van der Waals surface area contributed by atoms with Crippen LogP contribution in [-0.4, -0.2) is 19.8 Å². The highest BCUT2D eigenvalue weighted by atomic mass is 19.4. The van der Waals surface area contributed by atoms with Crippen molar-refractivity contribution in [2.45, 2.75) is 25.9 Å². The van der Waals surface area contributed by atoms with Crippen LogP contribution < -0.4 is 0 Å². The highest BCUT2D eigenvalue weighted by Gasteiger charge is 2.33. The van der Waals surface area contributed by atoms with Crippen LogP contribution in [0.4, 0.5) is 22.0 Å². The summed E-state index contributed by atoms with van der Waals surface area (Å²) in [5.74, 6) is -3.89. The van der Waals surface area contributed by atoms with Gasteiger partial charge >= 0.3 is 12.1 Å². The van der Waals surface area contributed by atoms with Crippen molar-refractivity contribution in [3.8, 4) is 11.3 Å². The van der Waals surface area contributed by atoms with E-state index in [-0.39, 0.29) is 16.9 Å². The monoisotopic (exact) mass is 342 g/mol. The molecule has 0 N–H and O–H groups in total. The molecule has 9 heteroatoms. The van der Waals surface area contributed by atoms with Gasteiger partial charge in [0.25, 0.3) is 0 Å². The normalized spacial score (nSPS) is 12.8. The van der Waals surface area contributed by atoms with Gasteiger partial charge in [0.05, 0.1) is 11.3 Å². The smallest absolute Gasteiger partial charge is 0.198 e. The van der Waals surface area contributed by atoms with Crippen molar-refractivity contribution in [3.05, 3.63) is 47.3 Å². The fourth-order valence-electron chi connectivity index (χ4n) is 2.36. The van der Waals surface area contributed by atoms with Gasteiger partial charge in [-0.2, -0.15) is 31.6 Å². The Morgan fingerprint density at radius 1 is 0.958 bits per heavy atom. The van der Waals surface area contributed by atoms with Gasteiger partial charge in [0, 0.05) is 12.5 Å². The van der Waals surface area contributed by atoms with Gasteiger partial charge in [0.2, 0.25) is 5.82 Å². The first kappa shape index (κ1) is 16.3. The zero-order chi connectivity index (χ0) is 17.7. The summed E-state index contributed by atoms with van der Waals surface area (Å²) in [6.07, 6.45) is -4.45. The Morgan fingerprint density at radius 2 is 1.67 bits per heavy atom. The summed E-state index contributed by atoms with van der Waals surface area (Å²) >= 11 is 0. The van der Waals surface area contributed by atoms with Gasteiger partial charge in [-0.1, -0.05) is 6.07 Å². The molecule has 3 rings (SSSR count). The topological polar surface area (TPSA) is 43.1 Å². The van der Waals surface area contributed by atoms with E-state index in [2.05, 4.69) is 15.3 Å². The van der Waals surface area contributed by atoms with Crippen LogP contribution in [0.3, 0.4) is 0 Å². The molecule has 2 heterocycles. The number of benzene rings is 1. The van der Waals surface area contributed by atoms with Crippen LogP contribution >= 0.6 is 0 Å². The summed E-state index contributed by atoms with van der Waals surface area (Å²) in [5.41, 5.74) is 0.00843. The second-order valence-corrected chi connectivity index (χ2v) is 5.43. The molecule has 2 aromatic heterocycles. The molecular weight excluding hydrogens is 331 g/mol. The molecule has 0 aliphatic rings. The Hall–Kier alpha value is -2.58. The number of hydrogen-bond acceptors (Lipinski definition) is 3. The first-order chi connectivity index (χ1) is 11.1. The lowest BCUT2D eigenvalue weighted by atomic mass is 10.0. The zero-order valence-corrected chi connectivity index (χ0v) is 12.6. The third-order valence-corrected chi connectivity index (χ3v) is 3.48. The number of rotatable bonds is 2. The number of alkyl halides is 5. The molecule has 3 aromatic rings. The van der Waals surface area contributed by atoms with E-state index in [1.54, 1.807) is 0 Å². The van der Waals surface area contributed by atoms with Crippen molar-refractivity contribution in [1.82, 2.24) is 19.8 Å². The summed E-state index contributed by atoms with van der Waals surface area (Å²) < 4.78 is 66.4. The number of halogens is 5. The van der Waals surface area contributed by atoms with E-state index in [0.29, 0.717) is 12.5 Å². The van der Waals surface area contributed by atoms with Gasteiger partial charge in [-0.3, -0.25) is 0 Å². The van der Waals surface area contributed by atoms with E-state index >= 15 is 0 Å². The van der Waals surface area contributed by atoms with Crippen LogP contribution in [0.1, 0.15) is 23.9 Å². The van der Waals surface area contributed by atoms with Crippen LogP contribution in [0.15, 0.2) is 30.3 Å². The van der Waals surface area contributed by atoms with Crippen molar-refractivity contribution in [1.29, 1.82) is 0 Å². The highest BCUT2D eigenvalue weighted by molar-refractivity contribution is 5.62. The fourth-order valence-corrected chi connectivity index (χ4v) is 2.36. The van der Waals surface area contributed by atoms with Gasteiger partial charge in [0.1, 0.15) is 0 Å². The average Bonchev–Trinajstić information content (AvgIpc) is 2.88. The molecular formula is C15H11F5N4. The molecule has 0 aliphatic carbocycles. The predicted octanol–water partition coefficient (Wildman–Crippen LogP) is 4.23. The molecule has 1 aromatic carbocycles. The Labute approximate surface area is 132 Å². The Balaban J connectivity index is 2.12. The summed E-state index contributed by atoms with van der Waals surface area (Å²) in [5, 5.41) is 11.1. The van der Waals surface area contributed by atoms with Crippen LogP contribution in [-0.2, 0) is 12.1 Å². The van der Waals surface area contributed by atoms with Gasteiger partial charge in [0.15, 0.2) is 5.65 Å². The molecule has 0 saturated heterocycles. The lowest BCUT2D eigenvalue weighted by molar-refractivity contribution is -0.138. The van der Waals surface area contributed by atoms with E-state index in [1.807, 2.05) is 0 Å². The average molecular weight is 342 g/mol. The third kappa shape index (κ3) is 2.81. The number of aromatic nitrogens is 4. The third-order valence-electron chi connectivity index (χ3n) is 3.48. The molecule has 24 heavy (non-hydrogen) atoms. The van der Waals surface area contributed by atoms with E-state index in [9.17, 15) is 22.0 Å². The quantitative estimate of drug-likeness (QED) is 0.655. The number of aryl methyl sites for hydroxylation is 1. The lowest BCUT2D eigenvalue weighted by Gasteiger charge is -2.12. The van der Waals surface area contributed by atoms with E-state index in [1.165, 1.54) is 31.2 Å². The Kier molecular flexibility index (Phi) is 3.54. The zero-order valence-electron chi connectivity index (χ0n) is 12.6. The minimum atomic E-state index is -4.45. The van der Waals surface area contributed by atoms with Gasteiger partial charge in [-0.05, 0) is 36.8 Å². The second kappa shape index (κ2) is 5.22. The molecule has 0 atom stereocenters. The van der Waals surface area contributed by atoms with Gasteiger partial charge in [-0.15, -0.1) is 10.2 Å². The maximum atomic E-state index is 13.5. The van der Waals surface area contributed by atoms with Crippen LogP contribution in [0, 0.1) is 6.92 Å². The molecule has 0 aliphatic heterocycles. The SMILES string of the molecule is Cc1cc(-c2ccc3nnc(C(C)(F)F)n3n2)ccc1C(F)(F)F. The first-order valence-electron chi connectivity index (χ1n) is 6.86. The largest absolute Gasteiger partial charge is 0.416 e. The van der Waals surface area contributed by atoms with Crippen LogP contribution in [0.5, 0.6) is 0 Å². The fraction of sp³-hybridized carbons (Fsp3) is 0.267. The first-order valence-corrected chi connectivity index (χ1v) is 6.86. The van der Waals surface area contributed by atoms with Crippen molar-refractivity contribution in [2.75, 3.05) is 0 Å². The summed E-state index contributed by atoms with van der Waals surface area (Å²) in [4.78, 5) is 0. The van der Waals surface area contributed by atoms with Crippen molar-refractivity contribution >= 4 is 5.65 Å². The molecule has 0 amide bonds. The standard InChI is InChI=1S/C15H11F5N4/c1-8-7-9(3-4-10(8)15(18,19)20)11-5-6-12-21-22-13(14(2,16)17)24(12)23-11/h3-7H,1-2H3. The van der Waals surface area contributed by atoms with Crippen molar-refractivity contribution in [3.63, 3.8) is 0 Å². The molecule has 0 unspecified atom stereocenters. The highest BCUT2D eigenvalue weighted by Crippen LogP contribution is 2.34. The minimum absolute atomic E-state index is 0.0201. The lowest BCUT2D eigenvalue weighted by Crippen LogP contribution is -2.14. The summed E-state index contributed by atoms with van der Waals surface area (Å²) in [7, 11) is 0. The van der Waals surface area contributed by atoms with Crippen LogP contribution in [0.2, 0.25) is 0 Å². The van der Waals surface area contributed by atoms with Gasteiger partial charge in [-0.25, -0.2) is 0 Å². The van der Waals surface area contributed by atoms with Crippen LogP contribution in [0.25, 0.3) is 16.9 Å². The van der Waals surface area contributed by atoms with Gasteiger partial charge < -0.3 is 0 Å². The maximum absolute atomic E-state index is 13.5. The predicted molar refractivity (Wildman–Crippen MR) is 75.5 cm³/mol. The van der Waals surface area contributed by atoms with Crippen molar-refractivity contribution < 1.29 is 22.0 Å². The summed E-state index contributed by atoms with van der Waals surface area (Å²) in [6, 6.07) is 6.42. The molecule has 0 spiro atoms. The Bertz CT molecular complexity index is 908. The number of hydrogen-bond donors (Lipinski definition) is 0. The number of fused-ring (bicyclic) bond motifs is 1. The van der Waals surface area contributed by atoms with E-state index < -0.39 is 23.5 Å². The maximum Gasteiger partial charge on any atom is 0.416 e. The Morgan fingerprint density at radius 3 is 2.25 bits per heavy atom. The number of nitrogens with zero attached hydrogens (tertiary/aromatic N) is 4. The van der Waals surface area contributed by atoms with E-state index in [4.69, 9.17) is 0 Å².